The van der Waals surface area contributed by atoms with E-state index in [1.165, 1.54) is 14.2 Å². The number of amides is 3. The number of hydrogen-bond acceptors (Lipinski definition) is 3. The van der Waals surface area contributed by atoms with Gasteiger partial charge in [-0.2, -0.15) is 0 Å². The van der Waals surface area contributed by atoms with E-state index in [1.807, 2.05) is 0 Å². The number of imide groups is 1. The average Bonchev–Trinajstić information content (AvgIpc) is 2.17. The van der Waals surface area contributed by atoms with E-state index in [-0.39, 0.29) is 18.5 Å². The first kappa shape index (κ1) is 8.99. The maximum atomic E-state index is 11.4. The van der Waals surface area contributed by atoms with Gasteiger partial charge in [0.25, 0.3) is 5.91 Å². The van der Waals surface area contributed by atoms with Gasteiger partial charge in [0, 0.05) is 14.2 Å². The number of urea groups is 1. The summed E-state index contributed by atoms with van der Waals surface area (Å²) >= 11 is 0. The monoisotopic (exact) mass is 172 g/mol. The first-order valence-electron chi connectivity index (χ1n) is 3.60. The van der Waals surface area contributed by atoms with Gasteiger partial charge in [-0.1, -0.05) is 0 Å². The van der Waals surface area contributed by atoms with Gasteiger partial charge in [-0.15, -0.1) is 0 Å². The molecule has 0 radical (unpaired) electrons. The van der Waals surface area contributed by atoms with Crippen molar-refractivity contribution >= 4 is 11.9 Å². The molecule has 1 rings (SSSR count). The number of carbonyl (C=O) groups is 2. The van der Waals surface area contributed by atoms with Gasteiger partial charge in [0.15, 0.2) is 0 Å². The second-order valence-corrected chi connectivity index (χ2v) is 3.06. The summed E-state index contributed by atoms with van der Waals surface area (Å²) in [4.78, 5) is 23.5. The Morgan fingerprint density at radius 2 is 2.17 bits per heavy atom. The molecule has 1 aliphatic heterocycles. The van der Waals surface area contributed by atoms with Crippen molar-refractivity contribution in [3.8, 4) is 0 Å². The van der Waals surface area contributed by atoms with E-state index in [4.69, 9.17) is 4.74 Å². The molecule has 1 saturated heterocycles. The predicted molar refractivity (Wildman–Crippen MR) is 41.6 cm³/mol. The van der Waals surface area contributed by atoms with Gasteiger partial charge < -0.3 is 10.1 Å². The van der Waals surface area contributed by atoms with Crippen LogP contribution < -0.4 is 5.32 Å². The van der Waals surface area contributed by atoms with Crippen molar-refractivity contribution in [3.63, 3.8) is 0 Å². The summed E-state index contributed by atoms with van der Waals surface area (Å²) in [5.74, 6) is -0.255. The molecule has 1 heterocycles. The van der Waals surface area contributed by atoms with Gasteiger partial charge in [0.05, 0.1) is 6.61 Å². The molecule has 3 amide bonds. The molecule has 0 aromatic carbocycles. The minimum Gasteiger partial charge on any atom is -0.382 e. The third-order valence-electron chi connectivity index (χ3n) is 1.90. The average molecular weight is 172 g/mol. The van der Waals surface area contributed by atoms with E-state index in [1.54, 1.807) is 6.92 Å². The van der Waals surface area contributed by atoms with Crippen molar-refractivity contribution in [3.05, 3.63) is 0 Å². The highest BCUT2D eigenvalue weighted by molar-refractivity contribution is 6.06. The van der Waals surface area contributed by atoms with Crippen molar-refractivity contribution in [1.29, 1.82) is 0 Å². The zero-order valence-electron chi connectivity index (χ0n) is 7.38. The number of nitrogens with one attached hydrogen (secondary N) is 1. The number of nitrogens with zero attached hydrogens (tertiary/aromatic N) is 1. The Bertz CT molecular complexity index is 229. The third kappa shape index (κ3) is 1.16. The Labute approximate surface area is 70.7 Å². The molecule has 1 unspecified atom stereocenters. The molecule has 0 aromatic heterocycles. The number of ether oxygens (including phenoxy) is 1. The summed E-state index contributed by atoms with van der Waals surface area (Å²) in [5.41, 5.74) is -0.888. The molecule has 0 aromatic rings. The fraction of sp³-hybridized carbons (Fsp3) is 0.714. The van der Waals surface area contributed by atoms with Crippen molar-refractivity contribution in [1.82, 2.24) is 10.2 Å². The van der Waals surface area contributed by atoms with Crippen LogP contribution in [0.1, 0.15) is 6.92 Å². The zero-order chi connectivity index (χ0) is 9.35. The number of likely N-dealkylation sites (N-methyl/N-ethyl adjacent to an activating group) is 1. The van der Waals surface area contributed by atoms with E-state index >= 15 is 0 Å². The Hall–Kier alpha value is -1.10. The van der Waals surface area contributed by atoms with Crippen molar-refractivity contribution in [2.75, 3.05) is 20.8 Å². The molecule has 0 saturated carbocycles. The Morgan fingerprint density at radius 1 is 1.58 bits per heavy atom. The second kappa shape index (κ2) is 2.75. The lowest BCUT2D eigenvalue weighted by molar-refractivity contribution is -0.131. The van der Waals surface area contributed by atoms with E-state index in [2.05, 4.69) is 5.32 Å². The van der Waals surface area contributed by atoms with Crippen molar-refractivity contribution in [2.24, 2.45) is 0 Å². The van der Waals surface area contributed by atoms with E-state index in [0.29, 0.717) is 0 Å². The molecule has 0 aliphatic carbocycles. The zero-order valence-corrected chi connectivity index (χ0v) is 7.38. The van der Waals surface area contributed by atoms with Gasteiger partial charge in [0.1, 0.15) is 5.54 Å². The highest BCUT2D eigenvalue weighted by Crippen LogP contribution is 2.15. The third-order valence-corrected chi connectivity index (χ3v) is 1.90. The van der Waals surface area contributed by atoms with Crippen LogP contribution in [0.15, 0.2) is 0 Å². The molecule has 0 spiro atoms. The fourth-order valence-corrected chi connectivity index (χ4v) is 1.22. The number of rotatable bonds is 2. The molecule has 1 aliphatic rings. The van der Waals surface area contributed by atoms with Crippen molar-refractivity contribution < 1.29 is 14.3 Å². The highest BCUT2D eigenvalue weighted by Gasteiger charge is 2.45. The molecule has 12 heavy (non-hydrogen) atoms. The summed E-state index contributed by atoms with van der Waals surface area (Å²) in [7, 11) is 2.93. The highest BCUT2D eigenvalue weighted by atomic mass is 16.5. The normalized spacial score (nSPS) is 29.4. The smallest absolute Gasteiger partial charge is 0.324 e. The molecular weight excluding hydrogens is 160 g/mol. The first-order valence-corrected chi connectivity index (χ1v) is 3.60. The predicted octanol–water partition coefficient (Wildman–Crippen LogP) is -0.427. The minimum absolute atomic E-state index is 0.196. The maximum Gasteiger partial charge on any atom is 0.324 e. The van der Waals surface area contributed by atoms with E-state index < -0.39 is 5.54 Å². The SMILES string of the molecule is COCC1(C)NC(=O)N(C)C1=O. The van der Waals surface area contributed by atoms with Crippen LogP contribution in [0.5, 0.6) is 0 Å². The fourth-order valence-electron chi connectivity index (χ4n) is 1.22. The standard InChI is InChI=1S/C7H12N2O3/c1-7(4-12-3)5(10)9(2)6(11)8-7/h4H2,1-3H3,(H,8,11). The Kier molecular flexibility index (Phi) is 2.06. The van der Waals surface area contributed by atoms with Crippen LogP contribution in [0.3, 0.4) is 0 Å². The summed E-state index contributed by atoms with van der Waals surface area (Å²) < 4.78 is 4.83. The summed E-state index contributed by atoms with van der Waals surface area (Å²) in [5, 5.41) is 2.54. The van der Waals surface area contributed by atoms with E-state index in [9.17, 15) is 9.59 Å². The number of carbonyl (C=O) groups excluding carboxylic acids is 2. The van der Waals surface area contributed by atoms with Gasteiger partial charge in [-0.3, -0.25) is 9.69 Å². The van der Waals surface area contributed by atoms with Gasteiger partial charge in [-0.25, -0.2) is 4.79 Å². The molecule has 1 N–H and O–H groups in total. The van der Waals surface area contributed by atoms with Gasteiger partial charge in [0.2, 0.25) is 0 Å². The van der Waals surface area contributed by atoms with Crippen LogP contribution in [0.4, 0.5) is 4.79 Å². The lowest BCUT2D eigenvalue weighted by Gasteiger charge is -2.19. The largest absolute Gasteiger partial charge is 0.382 e. The Morgan fingerprint density at radius 3 is 2.50 bits per heavy atom. The molecule has 1 atom stereocenters. The molecule has 5 heteroatoms. The van der Waals surface area contributed by atoms with Crippen LogP contribution in [-0.2, 0) is 9.53 Å². The topological polar surface area (TPSA) is 58.6 Å². The van der Waals surface area contributed by atoms with Gasteiger partial charge in [-0.05, 0) is 6.92 Å². The molecule has 1 fully saturated rings. The van der Waals surface area contributed by atoms with Gasteiger partial charge >= 0.3 is 6.03 Å². The quantitative estimate of drug-likeness (QED) is 0.575. The summed E-state index contributed by atoms with van der Waals surface area (Å²) in [6, 6.07) is -0.375. The first-order chi connectivity index (χ1) is 5.51. The second-order valence-electron chi connectivity index (χ2n) is 3.06. The summed E-state index contributed by atoms with van der Waals surface area (Å²) in [6.07, 6.45) is 0. The molecule has 5 nitrogen and oxygen atoms in total. The lowest BCUT2D eigenvalue weighted by atomic mass is 10.1. The van der Waals surface area contributed by atoms with E-state index in [0.717, 1.165) is 4.90 Å². The number of hydrogen-bond donors (Lipinski definition) is 1. The van der Waals surface area contributed by atoms with Crippen LogP contribution in [0.25, 0.3) is 0 Å². The molecular formula is C7H12N2O3. The maximum absolute atomic E-state index is 11.4. The minimum atomic E-state index is -0.888. The lowest BCUT2D eigenvalue weighted by Crippen LogP contribution is -2.47. The van der Waals surface area contributed by atoms with Crippen LogP contribution >= 0.6 is 0 Å². The van der Waals surface area contributed by atoms with Crippen LogP contribution in [0.2, 0.25) is 0 Å². The van der Waals surface area contributed by atoms with Crippen LogP contribution in [-0.4, -0.2) is 43.1 Å². The summed E-state index contributed by atoms with van der Waals surface area (Å²) in [6.45, 7) is 1.84. The van der Waals surface area contributed by atoms with Crippen molar-refractivity contribution in [2.45, 2.75) is 12.5 Å². The number of methoxy groups -OCH3 is 1. The van der Waals surface area contributed by atoms with Crippen LogP contribution in [0, 0.1) is 0 Å². The Balaban J connectivity index is 2.82. The molecule has 68 valence electrons. The molecule has 0 bridgehead atoms.